The van der Waals surface area contributed by atoms with Crippen LogP contribution in [0.15, 0.2) is 24.3 Å². The van der Waals surface area contributed by atoms with Crippen LogP contribution in [0.4, 0.5) is 0 Å². The van der Waals surface area contributed by atoms with Crippen LogP contribution in [-0.2, 0) is 0 Å². The lowest BCUT2D eigenvalue weighted by Crippen LogP contribution is -2.39. The van der Waals surface area contributed by atoms with Gasteiger partial charge in [0.05, 0.1) is 6.61 Å². The van der Waals surface area contributed by atoms with Gasteiger partial charge in [0.15, 0.2) is 0 Å². The maximum absolute atomic E-state index is 6.40. The van der Waals surface area contributed by atoms with E-state index in [2.05, 4.69) is 36.1 Å². The van der Waals surface area contributed by atoms with E-state index in [4.69, 9.17) is 10.5 Å². The molecule has 0 aromatic heterocycles. The van der Waals surface area contributed by atoms with Crippen LogP contribution in [0.3, 0.4) is 0 Å². The summed E-state index contributed by atoms with van der Waals surface area (Å²) in [7, 11) is 0. The smallest absolute Gasteiger partial charge is 0.119 e. The predicted octanol–water partition coefficient (Wildman–Crippen LogP) is 2.96. The fourth-order valence-corrected chi connectivity index (χ4v) is 3.00. The minimum absolute atomic E-state index is 0.236. The molecule has 0 spiro atoms. The van der Waals surface area contributed by atoms with Gasteiger partial charge in [0, 0.05) is 12.1 Å². The van der Waals surface area contributed by atoms with Gasteiger partial charge >= 0.3 is 0 Å². The Labute approximate surface area is 116 Å². The molecule has 2 N–H and O–H groups in total. The minimum atomic E-state index is 0.236. The molecule has 0 bridgehead atoms. The molecule has 0 saturated carbocycles. The van der Waals surface area contributed by atoms with E-state index in [-0.39, 0.29) is 6.04 Å². The highest BCUT2D eigenvalue weighted by molar-refractivity contribution is 5.30. The van der Waals surface area contributed by atoms with Crippen molar-refractivity contribution in [3.05, 3.63) is 29.8 Å². The Bertz CT molecular complexity index is 377. The molecule has 1 aromatic carbocycles. The van der Waals surface area contributed by atoms with Crippen LogP contribution in [0.2, 0.25) is 0 Å². The highest BCUT2D eigenvalue weighted by atomic mass is 16.5. The van der Waals surface area contributed by atoms with Crippen molar-refractivity contribution in [2.24, 2.45) is 5.73 Å². The zero-order valence-corrected chi connectivity index (χ0v) is 12.1. The Morgan fingerprint density at radius 3 is 2.58 bits per heavy atom. The van der Waals surface area contributed by atoms with Crippen LogP contribution in [0.25, 0.3) is 0 Å². The zero-order valence-electron chi connectivity index (χ0n) is 12.1. The number of rotatable bonds is 4. The number of ether oxygens (including phenoxy) is 1. The number of benzene rings is 1. The third-order valence-corrected chi connectivity index (χ3v) is 3.97. The molecule has 1 aliphatic heterocycles. The summed E-state index contributed by atoms with van der Waals surface area (Å²) in [6, 6.07) is 9.05. The summed E-state index contributed by atoms with van der Waals surface area (Å²) in [5.74, 6) is 0.941. The summed E-state index contributed by atoms with van der Waals surface area (Å²) < 4.78 is 5.51. The van der Waals surface area contributed by atoms with Crippen molar-refractivity contribution in [2.75, 3.05) is 19.7 Å². The van der Waals surface area contributed by atoms with Gasteiger partial charge in [0.2, 0.25) is 0 Å². The topological polar surface area (TPSA) is 38.5 Å². The van der Waals surface area contributed by atoms with Crippen molar-refractivity contribution in [3.8, 4) is 5.75 Å². The van der Waals surface area contributed by atoms with E-state index in [0.29, 0.717) is 12.6 Å². The molecule has 0 amide bonds. The molecule has 1 fully saturated rings. The average Bonchev–Trinajstić information content (AvgIpc) is 2.61. The zero-order chi connectivity index (χ0) is 13.7. The summed E-state index contributed by atoms with van der Waals surface area (Å²) in [4.78, 5) is 2.51. The maximum atomic E-state index is 6.40. The van der Waals surface area contributed by atoms with Gasteiger partial charge in [0.25, 0.3) is 0 Å². The van der Waals surface area contributed by atoms with Crippen LogP contribution in [-0.4, -0.2) is 30.6 Å². The van der Waals surface area contributed by atoms with Crippen molar-refractivity contribution in [2.45, 2.75) is 45.2 Å². The molecule has 106 valence electrons. The molecular formula is C16H26N2O. The summed E-state index contributed by atoms with van der Waals surface area (Å²) in [6.07, 6.45) is 3.62. The van der Waals surface area contributed by atoms with E-state index >= 15 is 0 Å². The first kappa shape index (κ1) is 14.4. The molecule has 1 aliphatic rings. The summed E-state index contributed by atoms with van der Waals surface area (Å²) in [5, 5.41) is 0. The van der Waals surface area contributed by atoms with Crippen molar-refractivity contribution < 1.29 is 4.74 Å². The Morgan fingerprint density at radius 1 is 1.21 bits per heavy atom. The van der Waals surface area contributed by atoms with E-state index in [1.54, 1.807) is 0 Å². The van der Waals surface area contributed by atoms with Gasteiger partial charge in [-0.15, -0.1) is 0 Å². The number of nitrogens with zero attached hydrogens (tertiary/aromatic N) is 1. The van der Waals surface area contributed by atoms with Gasteiger partial charge in [-0.25, -0.2) is 0 Å². The SMILES string of the molecule is CCOc1ccc(C2C(N)CCCCN2CC)cc1. The molecule has 1 heterocycles. The molecule has 3 heteroatoms. The summed E-state index contributed by atoms with van der Waals surface area (Å²) in [6.45, 7) is 7.16. The second-order valence-corrected chi connectivity index (χ2v) is 5.24. The number of hydrogen-bond donors (Lipinski definition) is 1. The van der Waals surface area contributed by atoms with E-state index < -0.39 is 0 Å². The molecule has 2 rings (SSSR count). The third-order valence-electron chi connectivity index (χ3n) is 3.97. The van der Waals surface area contributed by atoms with E-state index in [0.717, 1.165) is 25.3 Å². The van der Waals surface area contributed by atoms with Gasteiger partial charge < -0.3 is 10.5 Å². The molecular weight excluding hydrogens is 236 g/mol. The van der Waals surface area contributed by atoms with Crippen molar-refractivity contribution >= 4 is 0 Å². The van der Waals surface area contributed by atoms with Gasteiger partial charge in [-0.05, 0) is 50.6 Å². The monoisotopic (exact) mass is 262 g/mol. The van der Waals surface area contributed by atoms with Gasteiger partial charge in [0.1, 0.15) is 5.75 Å². The Balaban J connectivity index is 2.19. The number of nitrogens with two attached hydrogens (primary N) is 1. The standard InChI is InChI=1S/C16H26N2O/c1-3-18-12-6-5-7-15(17)16(18)13-8-10-14(11-9-13)19-4-2/h8-11,15-16H,3-7,12,17H2,1-2H3. The lowest BCUT2D eigenvalue weighted by molar-refractivity contribution is 0.195. The predicted molar refractivity (Wildman–Crippen MR) is 79.4 cm³/mol. The first-order valence-electron chi connectivity index (χ1n) is 7.48. The number of likely N-dealkylation sites (N-methyl/N-ethyl adjacent to an activating group) is 1. The maximum Gasteiger partial charge on any atom is 0.119 e. The van der Waals surface area contributed by atoms with Crippen LogP contribution >= 0.6 is 0 Å². The molecule has 0 aliphatic carbocycles. The molecule has 0 radical (unpaired) electrons. The van der Waals surface area contributed by atoms with E-state index in [1.165, 1.54) is 18.4 Å². The second-order valence-electron chi connectivity index (χ2n) is 5.24. The van der Waals surface area contributed by atoms with Crippen molar-refractivity contribution in [1.82, 2.24) is 4.90 Å². The third kappa shape index (κ3) is 3.48. The number of hydrogen-bond acceptors (Lipinski definition) is 3. The Kier molecular flexibility index (Phi) is 5.23. The highest BCUT2D eigenvalue weighted by Gasteiger charge is 2.27. The molecule has 1 saturated heterocycles. The molecule has 19 heavy (non-hydrogen) atoms. The average molecular weight is 262 g/mol. The molecule has 3 nitrogen and oxygen atoms in total. The molecule has 2 atom stereocenters. The van der Waals surface area contributed by atoms with Gasteiger partial charge in [-0.1, -0.05) is 25.5 Å². The van der Waals surface area contributed by atoms with Crippen LogP contribution in [0.1, 0.15) is 44.7 Å². The van der Waals surface area contributed by atoms with Crippen LogP contribution < -0.4 is 10.5 Å². The summed E-state index contributed by atoms with van der Waals surface area (Å²) in [5.41, 5.74) is 7.72. The lowest BCUT2D eigenvalue weighted by atomic mass is 9.96. The van der Waals surface area contributed by atoms with Crippen molar-refractivity contribution in [1.29, 1.82) is 0 Å². The quantitative estimate of drug-likeness (QED) is 0.906. The molecule has 1 aromatic rings. The fraction of sp³-hybridized carbons (Fsp3) is 0.625. The van der Waals surface area contributed by atoms with Crippen molar-refractivity contribution in [3.63, 3.8) is 0 Å². The van der Waals surface area contributed by atoms with E-state index in [1.807, 2.05) is 6.92 Å². The van der Waals surface area contributed by atoms with Crippen LogP contribution in [0.5, 0.6) is 5.75 Å². The Hall–Kier alpha value is -1.06. The van der Waals surface area contributed by atoms with Gasteiger partial charge in [-0.3, -0.25) is 4.90 Å². The summed E-state index contributed by atoms with van der Waals surface area (Å²) >= 11 is 0. The largest absolute Gasteiger partial charge is 0.494 e. The first-order chi connectivity index (χ1) is 9.26. The first-order valence-corrected chi connectivity index (χ1v) is 7.48. The van der Waals surface area contributed by atoms with E-state index in [9.17, 15) is 0 Å². The Morgan fingerprint density at radius 2 is 1.95 bits per heavy atom. The molecule has 2 unspecified atom stereocenters. The minimum Gasteiger partial charge on any atom is -0.494 e. The lowest BCUT2D eigenvalue weighted by Gasteiger charge is -2.33. The number of likely N-dealkylation sites (tertiary alicyclic amines) is 1. The fourth-order valence-electron chi connectivity index (χ4n) is 3.00. The normalized spacial score (nSPS) is 25.0. The van der Waals surface area contributed by atoms with Gasteiger partial charge in [-0.2, -0.15) is 0 Å². The second kappa shape index (κ2) is 6.92. The van der Waals surface area contributed by atoms with Crippen LogP contribution in [0, 0.1) is 0 Å². The highest BCUT2D eigenvalue weighted by Crippen LogP contribution is 2.30.